The number of aryl methyl sites for hydroxylation is 1. The lowest BCUT2D eigenvalue weighted by Gasteiger charge is -1.93. The lowest BCUT2D eigenvalue weighted by molar-refractivity contribution is 0.620. The molecule has 1 aromatic heterocycles. The fourth-order valence-electron chi connectivity index (χ4n) is 1.01. The Hall–Kier alpha value is -1.38. The molecule has 0 spiro atoms. The van der Waals surface area contributed by atoms with E-state index < -0.39 is 0 Å². The van der Waals surface area contributed by atoms with E-state index in [4.69, 9.17) is 0 Å². The summed E-state index contributed by atoms with van der Waals surface area (Å²) in [5.74, 6) is -0.213. The average Bonchev–Trinajstić information content (AvgIpc) is 2.36. The Labute approximate surface area is 63.0 Å². The van der Waals surface area contributed by atoms with Crippen molar-refractivity contribution in [3.8, 4) is 0 Å². The molecule has 0 aliphatic carbocycles. The van der Waals surface area contributed by atoms with Gasteiger partial charge in [-0.05, 0) is 24.6 Å². The van der Waals surface area contributed by atoms with Gasteiger partial charge in [0.05, 0.1) is 5.52 Å². The first-order valence-electron chi connectivity index (χ1n) is 3.29. The molecule has 2 rings (SSSR count). The van der Waals surface area contributed by atoms with E-state index in [1.54, 1.807) is 13.0 Å². The van der Waals surface area contributed by atoms with Gasteiger partial charge in [0.25, 0.3) is 0 Å². The molecule has 1 N–H and O–H groups in total. The molecule has 11 heavy (non-hydrogen) atoms. The Morgan fingerprint density at radius 3 is 3.18 bits per heavy atom. The molecule has 1 aromatic carbocycles. The van der Waals surface area contributed by atoms with Gasteiger partial charge in [-0.2, -0.15) is 5.10 Å². The molecule has 0 aliphatic heterocycles. The third-order valence-corrected chi connectivity index (χ3v) is 1.65. The van der Waals surface area contributed by atoms with Crippen molar-refractivity contribution in [2.75, 3.05) is 0 Å². The Kier molecular flexibility index (Phi) is 1.18. The number of aromatic amines is 1. The third-order valence-electron chi connectivity index (χ3n) is 1.65. The number of aromatic nitrogens is 2. The lowest BCUT2D eigenvalue weighted by atomic mass is 10.2. The van der Waals surface area contributed by atoms with Crippen molar-refractivity contribution < 1.29 is 4.39 Å². The SMILES string of the molecule is Cc1cc2[nH]n[c]c2cc1F. The second kappa shape index (κ2) is 2.05. The zero-order valence-electron chi connectivity index (χ0n) is 5.98. The van der Waals surface area contributed by atoms with Crippen LogP contribution in [0.4, 0.5) is 4.39 Å². The number of nitrogens with one attached hydrogen (secondary N) is 1. The van der Waals surface area contributed by atoms with Gasteiger partial charge in [-0.25, -0.2) is 4.39 Å². The maximum absolute atomic E-state index is 12.9. The van der Waals surface area contributed by atoms with E-state index in [-0.39, 0.29) is 5.82 Å². The minimum Gasteiger partial charge on any atom is -0.277 e. The van der Waals surface area contributed by atoms with E-state index in [1.165, 1.54) is 6.07 Å². The molecule has 3 heteroatoms. The highest BCUT2D eigenvalue weighted by molar-refractivity contribution is 5.77. The molecular formula is C8H6FN2. The summed E-state index contributed by atoms with van der Waals surface area (Å²) in [5, 5.41) is 7.07. The minimum absolute atomic E-state index is 0.213. The third kappa shape index (κ3) is 0.888. The maximum Gasteiger partial charge on any atom is 0.126 e. The highest BCUT2D eigenvalue weighted by atomic mass is 19.1. The summed E-state index contributed by atoms with van der Waals surface area (Å²) in [6, 6.07) is 3.14. The Balaban J connectivity index is 2.86. The molecule has 0 saturated heterocycles. The van der Waals surface area contributed by atoms with Crippen LogP contribution in [0.3, 0.4) is 0 Å². The summed E-state index contributed by atoms with van der Waals surface area (Å²) >= 11 is 0. The first-order valence-corrected chi connectivity index (χ1v) is 3.29. The van der Waals surface area contributed by atoms with Gasteiger partial charge in [0.15, 0.2) is 0 Å². The highest BCUT2D eigenvalue weighted by Gasteiger charge is 2.00. The van der Waals surface area contributed by atoms with E-state index >= 15 is 0 Å². The number of rotatable bonds is 0. The van der Waals surface area contributed by atoms with E-state index in [0.717, 1.165) is 5.52 Å². The summed E-state index contributed by atoms with van der Waals surface area (Å²) in [6.07, 6.45) is 2.64. The molecule has 0 saturated carbocycles. The van der Waals surface area contributed by atoms with Crippen molar-refractivity contribution in [3.05, 3.63) is 29.7 Å². The summed E-state index contributed by atoms with van der Waals surface area (Å²) < 4.78 is 12.9. The number of hydrogen-bond donors (Lipinski definition) is 1. The van der Waals surface area contributed by atoms with Gasteiger partial charge in [-0.15, -0.1) is 0 Å². The number of fused-ring (bicyclic) bond motifs is 1. The smallest absolute Gasteiger partial charge is 0.126 e. The predicted molar refractivity (Wildman–Crippen MR) is 39.6 cm³/mol. The quantitative estimate of drug-likeness (QED) is 0.608. The van der Waals surface area contributed by atoms with E-state index in [1.807, 2.05) is 0 Å². The number of halogens is 1. The Morgan fingerprint density at radius 2 is 2.36 bits per heavy atom. The van der Waals surface area contributed by atoms with Crippen LogP contribution in [0.15, 0.2) is 12.1 Å². The van der Waals surface area contributed by atoms with Crippen molar-refractivity contribution in [1.29, 1.82) is 0 Å². The molecular weight excluding hydrogens is 143 g/mol. The van der Waals surface area contributed by atoms with Gasteiger partial charge in [0.2, 0.25) is 0 Å². The van der Waals surface area contributed by atoms with Crippen LogP contribution in [0, 0.1) is 18.9 Å². The molecule has 2 aromatic rings. The van der Waals surface area contributed by atoms with Crippen molar-refractivity contribution in [2.45, 2.75) is 6.92 Å². The van der Waals surface area contributed by atoms with Crippen LogP contribution in [0.1, 0.15) is 5.56 Å². The summed E-state index contributed by atoms with van der Waals surface area (Å²) in [5.41, 5.74) is 1.44. The van der Waals surface area contributed by atoms with Crippen LogP contribution in [-0.2, 0) is 0 Å². The molecule has 55 valence electrons. The summed E-state index contributed by atoms with van der Waals surface area (Å²) in [4.78, 5) is 0. The first kappa shape index (κ1) is 6.34. The van der Waals surface area contributed by atoms with Crippen LogP contribution in [-0.4, -0.2) is 10.2 Å². The van der Waals surface area contributed by atoms with Crippen LogP contribution in [0.5, 0.6) is 0 Å². The van der Waals surface area contributed by atoms with Crippen LogP contribution in [0.2, 0.25) is 0 Å². The molecule has 0 aliphatic rings. The van der Waals surface area contributed by atoms with Crippen LogP contribution in [0.25, 0.3) is 10.9 Å². The zero-order chi connectivity index (χ0) is 7.84. The average molecular weight is 149 g/mol. The molecule has 0 amide bonds. The summed E-state index contributed by atoms with van der Waals surface area (Å²) in [6.45, 7) is 1.72. The number of benzene rings is 1. The topological polar surface area (TPSA) is 28.7 Å². The molecule has 1 radical (unpaired) electrons. The lowest BCUT2D eigenvalue weighted by Crippen LogP contribution is -1.80. The molecule has 1 heterocycles. The van der Waals surface area contributed by atoms with Crippen molar-refractivity contribution >= 4 is 10.9 Å². The second-order valence-corrected chi connectivity index (χ2v) is 2.48. The van der Waals surface area contributed by atoms with Gasteiger partial charge < -0.3 is 0 Å². The van der Waals surface area contributed by atoms with Crippen molar-refractivity contribution in [3.63, 3.8) is 0 Å². The fourth-order valence-corrected chi connectivity index (χ4v) is 1.01. The zero-order valence-corrected chi connectivity index (χ0v) is 5.98. The molecule has 0 unspecified atom stereocenters. The van der Waals surface area contributed by atoms with E-state index in [2.05, 4.69) is 16.4 Å². The highest BCUT2D eigenvalue weighted by Crippen LogP contribution is 2.14. The summed E-state index contributed by atoms with van der Waals surface area (Å²) in [7, 11) is 0. The number of H-pyrrole nitrogens is 1. The second-order valence-electron chi connectivity index (χ2n) is 2.48. The van der Waals surface area contributed by atoms with Crippen LogP contribution >= 0.6 is 0 Å². The minimum atomic E-state index is -0.213. The largest absolute Gasteiger partial charge is 0.277 e. The first-order chi connectivity index (χ1) is 5.27. The van der Waals surface area contributed by atoms with E-state index in [0.29, 0.717) is 10.9 Å². The van der Waals surface area contributed by atoms with Gasteiger partial charge in [0.1, 0.15) is 12.0 Å². The molecule has 0 bridgehead atoms. The Bertz CT molecular complexity index is 356. The predicted octanol–water partition coefficient (Wildman–Crippen LogP) is 1.81. The standard InChI is InChI=1S/C8H6FN2/c1-5-2-8-6(3-7(5)9)4-10-11-8/h2-3H,1H3,(H,10,11). The van der Waals surface area contributed by atoms with Gasteiger partial charge in [0, 0.05) is 5.39 Å². The van der Waals surface area contributed by atoms with Crippen molar-refractivity contribution in [2.24, 2.45) is 0 Å². The number of nitrogens with zero attached hydrogens (tertiary/aromatic N) is 1. The van der Waals surface area contributed by atoms with E-state index in [9.17, 15) is 4.39 Å². The van der Waals surface area contributed by atoms with Gasteiger partial charge >= 0.3 is 0 Å². The van der Waals surface area contributed by atoms with Gasteiger partial charge in [-0.3, -0.25) is 5.10 Å². The van der Waals surface area contributed by atoms with Crippen LogP contribution < -0.4 is 0 Å². The maximum atomic E-state index is 12.9. The monoisotopic (exact) mass is 149 g/mol. The molecule has 2 nitrogen and oxygen atoms in total. The molecule has 0 atom stereocenters. The molecule has 0 fully saturated rings. The Morgan fingerprint density at radius 1 is 1.55 bits per heavy atom. The van der Waals surface area contributed by atoms with Gasteiger partial charge in [-0.1, -0.05) is 0 Å². The fraction of sp³-hybridized carbons (Fsp3) is 0.125. The normalized spacial score (nSPS) is 10.7. The van der Waals surface area contributed by atoms with Crippen molar-refractivity contribution in [1.82, 2.24) is 10.2 Å². The number of hydrogen-bond acceptors (Lipinski definition) is 1.